The Labute approximate surface area is 177 Å². The number of para-hydroxylation sites is 1. The van der Waals surface area contributed by atoms with Gasteiger partial charge in [0.05, 0.1) is 6.42 Å². The summed E-state index contributed by atoms with van der Waals surface area (Å²) >= 11 is 0. The number of carbonyl (C=O) groups is 2. The smallest absolute Gasteiger partial charge is 0.254 e. The molecular formula is C26H26N2O2. The first-order chi connectivity index (χ1) is 14.6. The minimum atomic E-state index is -0.714. The summed E-state index contributed by atoms with van der Waals surface area (Å²) in [6.07, 6.45) is 2.14. The van der Waals surface area contributed by atoms with Gasteiger partial charge in [0, 0.05) is 12.2 Å². The lowest BCUT2D eigenvalue weighted by Crippen LogP contribution is -2.45. The summed E-state index contributed by atoms with van der Waals surface area (Å²) in [5.74, 6) is -0.247. The fourth-order valence-electron chi connectivity index (χ4n) is 4.04. The van der Waals surface area contributed by atoms with Gasteiger partial charge in [0.25, 0.3) is 5.91 Å². The number of rotatable bonds is 5. The van der Waals surface area contributed by atoms with E-state index in [0.717, 1.165) is 35.2 Å². The standard InChI is InChI=1S/C26H26N2O2/c1-19-10-5-6-14-22(19)18-24(29)27-25(21-12-3-2-4-13-21)26(30)28-17-9-15-20-11-7-8-16-23(20)28/h2-8,10-14,16,25H,9,15,17-18H2,1H3,(H,27,29). The Morgan fingerprint density at radius 2 is 1.63 bits per heavy atom. The van der Waals surface area contributed by atoms with E-state index in [9.17, 15) is 9.59 Å². The molecule has 152 valence electrons. The Kier molecular flexibility index (Phi) is 5.94. The van der Waals surface area contributed by atoms with Crippen LogP contribution in [0, 0.1) is 6.92 Å². The largest absolute Gasteiger partial charge is 0.340 e. The molecule has 0 aliphatic carbocycles. The highest BCUT2D eigenvalue weighted by molar-refractivity contribution is 6.00. The van der Waals surface area contributed by atoms with E-state index in [1.54, 1.807) is 0 Å². The third-order valence-corrected chi connectivity index (χ3v) is 5.67. The highest BCUT2D eigenvalue weighted by Gasteiger charge is 2.30. The zero-order chi connectivity index (χ0) is 20.9. The number of hydrogen-bond donors (Lipinski definition) is 1. The van der Waals surface area contributed by atoms with E-state index in [-0.39, 0.29) is 18.2 Å². The molecule has 4 rings (SSSR count). The minimum Gasteiger partial charge on any atom is -0.340 e. The molecule has 0 spiro atoms. The van der Waals surface area contributed by atoms with E-state index >= 15 is 0 Å². The topological polar surface area (TPSA) is 49.4 Å². The molecule has 0 fully saturated rings. The van der Waals surface area contributed by atoms with Gasteiger partial charge in [0.2, 0.25) is 5.91 Å². The maximum absolute atomic E-state index is 13.6. The number of amides is 2. The van der Waals surface area contributed by atoms with Crippen molar-refractivity contribution in [2.45, 2.75) is 32.2 Å². The fourth-order valence-corrected chi connectivity index (χ4v) is 4.04. The summed E-state index contributed by atoms with van der Waals surface area (Å²) < 4.78 is 0. The first-order valence-corrected chi connectivity index (χ1v) is 10.4. The molecule has 1 aliphatic heterocycles. The van der Waals surface area contributed by atoms with Gasteiger partial charge in [-0.25, -0.2) is 0 Å². The molecule has 0 radical (unpaired) electrons. The van der Waals surface area contributed by atoms with E-state index in [1.165, 1.54) is 5.56 Å². The van der Waals surface area contributed by atoms with Gasteiger partial charge >= 0.3 is 0 Å². The van der Waals surface area contributed by atoms with Crippen LogP contribution in [0.15, 0.2) is 78.9 Å². The second-order valence-corrected chi connectivity index (χ2v) is 7.74. The minimum absolute atomic E-state index is 0.0912. The van der Waals surface area contributed by atoms with Crippen molar-refractivity contribution in [1.82, 2.24) is 5.32 Å². The lowest BCUT2D eigenvalue weighted by molar-refractivity contribution is -0.127. The van der Waals surface area contributed by atoms with Gasteiger partial charge in [-0.05, 0) is 48.1 Å². The quantitative estimate of drug-likeness (QED) is 0.694. The predicted octanol–water partition coefficient (Wildman–Crippen LogP) is 4.37. The molecule has 3 aromatic carbocycles. The molecule has 1 atom stereocenters. The molecule has 4 nitrogen and oxygen atoms in total. The van der Waals surface area contributed by atoms with Crippen molar-refractivity contribution in [3.63, 3.8) is 0 Å². The molecule has 4 heteroatoms. The van der Waals surface area contributed by atoms with Crippen LogP contribution in [0.3, 0.4) is 0 Å². The molecular weight excluding hydrogens is 372 g/mol. The second-order valence-electron chi connectivity index (χ2n) is 7.74. The highest BCUT2D eigenvalue weighted by Crippen LogP contribution is 2.29. The summed E-state index contributed by atoms with van der Waals surface area (Å²) in [7, 11) is 0. The maximum atomic E-state index is 13.6. The number of hydrogen-bond acceptors (Lipinski definition) is 2. The first kappa shape index (κ1) is 19.9. The van der Waals surface area contributed by atoms with Crippen LogP contribution in [0.2, 0.25) is 0 Å². The summed E-state index contributed by atoms with van der Waals surface area (Å²) in [6.45, 7) is 2.65. The number of fused-ring (bicyclic) bond motifs is 1. The van der Waals surface area contributed by atoms with Gasteiger partial charge in [-0.2, -0.15) is 0 Å². The number of benzene rings is 3. The fraction of sp³-hybridized carbons (Fsp3) is 0.231. The Bertz CT molecular complexity index is 1050. The van der Waals surface area contributed by atoms with Gasteiger partial charge in [-0.1, -0.05) is 72.8 Å². The predicted molar refractivity (Wildman–Crippen MR) is 119 cm³/mol. The Balaban J connectivity index is 1.60. The van der Waals surface area contributed by atoms with Crippen LogP contribution < -0.4 is 10.2 Å². The average molecular weight is 399 g/mol. The SMILES string of the molecule is Cc1ccccc1CC(=O)NC(C(=O)N1CCCc2ccccc21)c1ccccc1. The normalized spacial score (nSPS) is 14.0. The van der Waals surface area contributed by atoms with Gasteiger partial charge in [0.1, 0.15) is 6.04 Å². The van der Waals surface area contributed by atoms with Crippen LogP contribution in [0.1, 0.15) is 34.7 Å². The number of anilines is 1. The number of carbonyl (C=O) groups excluding carboxylic acids is 2. The van der Waals surface area contributed by atoms with E-state index in [2.05, 4.69) is 11.4 Å². The van der Waals surface area contributed by atoms with Crippen LogP contribution in [-0.2, 0) is 22.4 Å². The monoisotopic (exact) mass is 398 g/mol. The van der Waals surface area contributed by atoms with Crippen molar-refractivity contribution >= 4 is 17.5 Å². The van der Waals surface area contributed by atoms with Crippen molar-refractivity contribution in [3.05, 3.63) is 101 Å². The lowest BCUT2D eigenvalue weighted by Gasteiger charge is -2.32. The van der Waals surface area contributed by atoms with E-state index in [4.69, 9.17) is 0 Å². The van der Waals surface area contributed by atoms with Crippen molar-refractivity contribution in [2.75, 3.05) is 11.4 Å². The van der Waals surface area contributed by atoms with Gasteiger partial charge in [0.15, 0.2) is 0 Å². The molecule has 30 heavy (non-hydrogen) atoms. The van der Waals surface area contributed by atoms with Crippen molar-refractivity contribution in [2.24, 2.45) is 0 Å². The van der Waals surface area contributed by atoms with Crippen LogP contribution in [0.5, 0.6) is 0 Å². The summed E-state index contributed by atoms with van der Waals surface area (Å²) in [5.41, 5.74) is 4.96. The molecule has 1 N–H and O–H groups in total. The molecule has 1 unspecified atom stereocenters. The molecule has 3 aromatic rings. The van der Waals surface area contributed by atoms with Crippen molar-refractivity contribution in [3.8, 4) is 0 Å². The summed E-state index contributed by atoms with van der Waals surface area (Å²) in [6, 6.07) is 24.6. The van der Waals surface area contributed by atoms with E-state index in [1.807, 2.05) is 84.6 Å². The molecule has 1 heterocycles. The molecule has 0 saturated heterocycles. The maximum Gasteiger partial charge on any atom is 0.254 e. The van der Waals surface area contributed by atoms with E-state index in [0.29, 0.717) is 6.54 Å². The summed E-state index contributed by atoms with van der Waals surface area (Å²) in [5, 5.41) is 3.01. The lowest BCUT2D eigenvalue weighted by atomic mass is 9.98. The highest BCUT2D eigenvalue weighted by atomic mass is 16.2. The van der Waals surface area contributed by atoms with Crippen LogP contribution >= 0.6 is 0 Å². The van der Waals surface area contributed by atoms with Crippen LogP contribution in [0.4, 0.5) is 5.69 Å². The third-order valence-electron chi connectivity index (χ3n) is 5.67. The van der Waals surface area contributed by atoms with Crippen molar-refractivity contribution in [1.29, 1.82) is 0 Å². The van der Waals surface area contributed by atoms with Crippen LogP contribution in [0.25, 0.3) is 0 Å². The Morgan fingerprint density at radius 1 is 0.933 bits per heavy atom. The molecule has 0 saturated carbocycles. The third kappa shape index (κ3) is 4.28. The Hall–Kier alpha value is -3.40. The number of nitrogens with one attached hydrogen (secondary N) is 1. The number of aryl methyl sites for hydroxylation is 2. The summed E-state index contributed by atoms with van der Waals surface area (Å²) in [4.78, 5) is 28.4. The number of nitrogens with zero attached hydrogens (tertiary/aromatic N) is 1. The Morgan fingerprint density at radius 3 is 2.43 bits per heavy atom. The first-order valence-electron chi connectivity index (χ1n) is 10.4. The van der Waals surface area contributed by atoms with Gasteiger partial charge in [-0.3, -0.25) is 9.59 Å². The average Bonchev–Trinajstić information content (AvgIpc) is 2.79. The molecule has 2 amide bonds. The van der Waals surface area contributed by atoms with E-state index < -0.39 is 6.04 Å². The van der Waals surface area contributed by atoms with Crippen LogP contribution in [-0.4, -0.2) is 18.4 Å². The zero-order valence-electron chi connectivity index (χ0n) is 17.2. The van der Waals surface area contributed by atoms with Crippen molar-refractivity contribution < 1.29 is 9.59 Å². The van der Waals surface area contributed by atoms with Gasteiger partial charge < -0.3 is 10.2 Å². The zero-order valence-corrected chi connectivity index (χ0v) is 17.2. The molecule has 1 aliphatic rings. The van der Waals surface area contributed by atoms with Gasteiger partial charge in [-0.15, -0.1) is 0 Å². The molecule has 0 bridgehead atoms. The molecule has 0 aromatic heterocycles. The second kappa shape index (κ2) is 8.95.